The van der Waals surface area contributed by atoms with Gasteiger partial charge in [0.05, 0.1) is 18.7 Å². The maximum Gasteiger partial charge on any atom is 0.223 e. The smallest absolute Gasteiger partial charge is 0.223 e. The molecule has 2 aliphatic heterocycles. The molecule has 0 saturated carbocycles. The molecule has 3 unspecified atom stereocenters. The highest BCUT2D eigenvalue weighted by Gasteiger charge is 2.37. The number of ether oxygens (including phenoxy) is 1. The van der Waals surface area contributed by atoms with Crippen molar-refractivity contribution in [1.82, 2.24) is 10.2 Å². The van der Waals surface area contributed by atoms with E-state index in [2.05, 4.69) is 36.2 Å². The van der Waals surface area contributed by atoms with Gasteiger partial charge >= 0.3 is 0 Å². The van der Waals surface area contributed by atoms with Gasteiger partial charge in [-0.3, -0.25) is 4.79 Å². The van der Waals surface area contributed by atoms with Crippen LogP contribution in [0.15, 0.2) is 30.3 Å². The zero-order valence-electron chi connectivity index (χ0n) is 14.2. The van der Waals surface area contributed by atoms with Gasteiger partial charge in [-0.05, 0) is 51.3 Å². The SMILES string of the molecule is CC1COC(c2ccccc2)C(C)N1C(=O)CC1CCNCC1. The molecule has 4 nitrogen and oxygen atoms in total. The lowest BCUT2D eigenvalue weighted by Gasteiger charge is -2.44. The third-order valence-electron chi connectivity index (χ3n) is 5.21. The summed E-state index contributed by atoms with van der Waals surface area (Å²) in [5, 5.41) is 3.37. The van der Waals surface area contributed by atoms with Gasteiger partial charge < -0.3 is 15.0 Å². The average molecular weight is 316 g/mol. The Hall–Kier alpha value is -1.39. The van der Waals surface area contributed by atoms with Gasteiger partial charge in [0.25, 0.3) is 0 Å². The molecule has 2 fully saturated rings. The molecule has 0 radical (unpaired) electrons. The number of nitrogens with zero attached hydrogens (tertiary/aromatic N) is 1. The monoisotopic (exact) mass is 316 g/mol. The van der Waals surface area contributed by atoms with Crippen molar-refractivity contribution in [2.75, 3.05) is 19.7 Å². The van der Waals surface area contributed by atoms with Crippen molar-refractivity contribution in [2.45, 2.75) is 51.3 Å². The number of piperidine rings is 1. The second-order valence-electron chi connectivity index (χ2n) is 6.95. The number of carbonyl (C=O) groups is 1. The molecule has 1 amide bonds. The minimum Gasteiger partial charge on any atom is -0.369 e. The number of amides is 1. The molecule has 3 atom stereocenters. The summed E-state index contributed by atoms with van der Waals surface area (Å²) >= 11 is 0. The summed E-state index contributed by atoms with van der Waals surface area (Å²) in [6.45, 7) is 6.91. The standard InChI is InChI=1S/C19H28N2O2/c1-14-13-23-19(17-6-4-3-5-7-17)15(2)21(14)18(22)12-16-8-10-20-11-9-16/h3-7,14-16,19-20H,8-13H2,1-2H3. The summed E-state index contributed by atoms with van der Waals surface area (Å²) in [6.07, 6.45) is 2.88. The van der Waals surface area contributed by atoms with Crippen LogP contribution in [0.1, 0.15) is 44.8 Å². The first-order valence-corrected chi connectivity index (χ1v) is 8.85. The highest BCUT2D eigenvalue weighted by molar-refractivity contribution is 5.77. The predicted molar refractivity (Wildman–Crippen MR) is 91.1 cm³/mol. The summed E-state index contributed by atoms with van der Waals surface area (Å²) in [5.74, 6) is 0.822. The number of nitrogens with one attached hydrogen (secondary N) is 1. The van der Waals surface area contributed by atoms with Crippen LogP contribution in [0.3, 0.4) is 0 Å². The van der Waals surface area contributed by atoms with Crippen LogP contribution in [0.4, 0.5) is 0 Å². The highest BCUT2D eigenvalue weighted by Crippen LogP contribution is 2.32. The Kier molecular flexibility index (Phi) is 5.34. The van der Waals surface area contributed by atoms with E-state index in [-0.39, 0.29) is 18.2 Å². The Morgan fingerprint density at radius 1 is 1.22 bits per heavy atom. The van der Waals surface area contributed by atoms with Crippen molar-refractivity contribution in [3.05, 3.63) is 35.9 Å². The molecule has 126 valence electrons. The molecular formula is C19H28N2O2. The summed E-state index contributed by atoms with van der Waals surface area (Å²) in [5.41, 5.74) is 1.16. The molecule has 0 aliphatic carbocycles. The van der Waals surface area contributed by atoms with E-state index in [0.717, 1.165) is 31.5 Å². The third-order valence-corrected chi connectivity index (χ3v) is 5.21. The number of rotatable bonds is 3. The Bertz CT molecular complexity index is 513. The molecule has 1 aromatic rings. The number of morpholine rings is 1. The first kappa shape index (κ1) is 16.5. The van der Waals surface area contributed by atoms with E-state index in [1.807, 2.05) is 18.2 Å². The maximum atomic E-state index is 12.9. The second-order valence-corrected chi connectivity index (χ2v) is 6.95. The highest BCUT2D eigenvalue weighted by atomic mass is 16.5. The molecule has 4 heteroatoms. The Labute approximate surface area is 139 Å². The van der Waals surface area contributed by atoms with Crippen molar-refractivity contribution in [3.8, 4) is 0 Å². The summed E-state index contributed by atoms with van der Waals surface area (Å²) in [7, 11) is 0. The first-order valence-electron chi connectivity index (χ1n) is 8.85. The predicted octanol–water partition coefficient (Wildman–Crippen LogP) is 2.75. The molecule has 2 heterocycles. The van der Waals surface area contributed by atoms with E-state index in [9.17, 15) is 4.79 Å². The quantitative estimate of drug-likeness (QED) is 0.932. The first-order chi connectivity index (χ1) is 11.2. The van der Waals surface area contributed by atoms with Crippen LogP contribution in [0, 0.1) is 5.92 Å². The number of hydrogen-bond donors (Lipinski definition) is 1. The number of hydrogen-bond acceptors (Lipinski definition) is 3. The normalized spacial score (nSPS) is 29.5. The Morgan fingerprint density at radius 2 is 1.91 bits per heavy atom. The molecule has 23 heavy (non-hydrogen) atoms. The van der Waals surface area contributed by atoms with Gasteiger partial charge in [-0.2, -0.15) is 0 Å². The van der Waals surface area contributed by atoms with E-state index in [4.69, 9.17) is 4.74 Å². The average Bonchev–Trinajstić information content (AvgIpc) is 2.57. The van der Waals surface area contributed by atoms with Gasteiger partial charge in [-0.25, -0.2) is 0 Å². The molecule has 0 aromatic heterocycles. The Balaban J connectivity index is 1.70. The van der Waals surface area contributed by atoms with Gasteiger partial charge in [0, 0.05) is 6.42 Å². The van der Waals surface area contributed by atoms with Crippen LogP contribution in [-0.2, 0) is 9.53 Å². The van der Waals surface area contributed by atoms with Crippen LogP contribution >= 0.6 is 0 Å². The molecule has 3 rings (SSSR count). The zero-order chi connectivity index (χ0) is 16.2. The molecule has 0 bridgehead atoms. The summed E-state index contributed by atoms with van der Waals surface area (Å²) < 4.78 is 6.06. The van der Waals surface area contributed by atoms with Gasteiger partial charge in [0.2, 0.25) is 5.91 Å². The lowest BCUT2D eigenvalue weighted by Crippen LogP contribution is -2.54. The lowest BCUT2D eigenvalue weighted by molar-refractivity contribution is -0.154. The van der Waals surface area contributed by atoms with Crippen LogP contribution in [0.25, 0.3) is 0 Å². The van der Waals surface area contributed by atoms with Gasteiger partial charge in [-0.15, -0.1) is 0 Å². The summed E-state index contributed by atoms with van der Waals surface area (Å²) in [6, 6.07) is 10.5. The minimum absolute atomic E-state index is 0.0237. The largest absolute Gasteiger partial charge is 0.369 e. The van der Waals surface area contributed by atoms with E-state index in [0.29, 0.717) is 24.9 Å². The fourth-order valence-corrected chi connectivity index (χ4v) is 3.94. The van der Waals surface area contributed by atoms with Crippen molar-refractivity contribution in [1.29, 1.82) is 0 Å². The minimum atomic E-state index is -0.0237. The van der Waals surface area contributed by atoms with Crippen molar-refractivity contribution in [2.24, 2.45) is 5.92 Å². The van der Waals surface area contributed by atoms with Crippen LogP contribution in [-0.4, -0.2) is 42.6 Å². The zero-order valence-corrected chi connectivity index (χ0v) is 14.2. The van der Waals surface area contributed by atoms with Crippen LogP contribution < -0.4 is 5.32 Å². The molecule has 2 saturated heterocycles. The van der Waals surface area contributed by atoms with E-state index >= 15 is 0 Å². The van der Waals surface area contributed by atoms with Crippen LogP contribution in [0.5, 0.6) is 0 Å². The fourth-order valence-electron chi connectivity index (χ4n) is 3.94. The maximum absolute atomic E-state index is 12.9. The van der Waals surface area contributed by atoms with Crippen molar-refractivity contribution < 1.29 is 9.53 Å². The van der Waals surface area contributed by atoms with Crippen molar-refractivity contribution >= 4 is 5.91 Å². The fraction of sp³-hybridized carbons (Fsp3) is 0.632. The Morgan fingerprint density at radius 3 is 2.61 bits per heavy atom. The molecule has 1 N–H and O–H groups in total. The molecule has 1 aromatic carbocycles. The van der Waals surface area contributed by atoms with Crippen LogP contribution in [0.2, 0.25) is 0 Å². The second kappa shape index (κ2) is 7.45. The topological polar surface area (TPSA) is 41.6 Å². The van der Waals surface area contributed by atoms with Gasteiger partial charge in [-0.1, -0.05) is 30.3 Å². The van der Waals surface area contributed by atoms with E-state index in [1.54, 1.807) is 0 Å². The lowest BCUT2D eigenvalue weighted by atomic mass is 9.92. The van der Waals surface area contributed by atoms with Gasteiger partial charge in [0.1, 0.15) is 6.10 Å². The van der Waals surface area contributed by atoms with Gasteiger partial charge in [0.15, 0.2) is 0 Å². The van der Waals surface area contributed by atoms with E-state index < -0.39 is 0 Å². The number of carbonyl (C=O) groups excluding carboxylic acids is 1. The molecular weight excluding hydrogens is 288 g/mol. The summed E-state index contributed by atoms with van der Waals surface area (Å²) in [4.78, 5) is 15.0. The van der Waals surface area contributed by atoms with E-state index in [1.165, 1.54) is 0 Å². The molecule has 0 spiro atoms. The van der Waals surface area contributed by atoms with Crippen molar-refractivity contribution in [3.63, 3.8) is 0 Å². The molecule has 2 aliphatic rings. The third kappa shape index (κ3) is 3.75. The number of benzene rings is 1.